The van der Waals surface area contributed by atoms with Crippen molar-refractivity contribution in [1.29, 1.82) is 0 Å². The van der Waals surface area contributed by atoms with Crippen molar-refractivity contribution in [3.05, 3.63) is 41.3 Å². The first kappa shape index (κ1) is 23.7. The van der Waals surface area contributed by atoms with Crippen molar-refractivity contribution in [2.45, 2.75) is 44.5 Å². The molecule has 0 saturated carbocycles. The minimum atomic E-state index is -0.916. The van der Waals surface area contributed by atoms with Crippen molar-refractivity contribution in [2.75, 3.05) is 57.5 Å². The number of alkyl halides is 1. The van der Waals surface area contributed by atoms with Crippen molar-refractivity contribution in [2.24, 2.45) is 0 Å². The molecule has 2 aromatic heterocycles. The minimum absolute atomic E-state index is 0.0255. The third-order valence-corrected chi connectivity index (χ3v) is 7.76. The molecule has 0 aliphatic carbocycles. The van der Waals surface area contributed by atoms with Crippen molar-refractivity contribution in [3.8, 4) is 5.82 Å². The van der Waals surface area contributed by atoms with Gasteiger partial charge in [-0.1, -0.05) is 0 Å². The fraction of sp³-hybridized carbons (Fsp3) is 0.577. The van der Waals surface area contributed by atoms with Gasteiger partial charge in [0.2, 0.25) is 0 Å². The van der Waals surface area contributed by atoms with Gasteiger partial charge < -0.3 is 19.5 Å². The molecule has 1 N–H and O–H groups in total. The number of piperidine rings is 1. The molecule has 6 rings (SSSR count). The Balaban J connectivity index is 1.32. The number of fused-ring (bicyclic) bond motifs is 1. The van der Waals surface area contributed by atoms with E-state index in [-0.39, 0.29) is 18.6 Å². The zero-order chi connectivity index (χ0) is 24.8. The average Bonchev–Trinajstić information content (AvgIpc) is 3.25. The van der Waals surface area contributed by atoms with E-state index in [1.54, 1.807) is 0 Å². The fourth-order valence-corrected chi connectivity index (χ4v) is 5.68. The van der Waals surface area contributed by atoms with Crippen LogP contribution in [0, 0.1) is 13.8 Å². The SMILES string of the molecule is Cc1nc(N2CCOC(CO)C2)cc(-n2ncc3cc(C)c(C4CCN(C5COC5)CC4F)cc32)n1. The summed E-state index contributed by atoms with van der Waals surface area (Å²) < 4.78 is 28.2. The van der Waals surface area contributed by atoms with Crippen molar-refractivity contribution in [1.82, 2.24) is 24.6 Å². The number of aromatic nitrogens is 4. The number of aliphatic hydroxyl groups excluding tert-OH is 1. The maximum atomic E-state index is 15.4. The maximum Gasteiger partial charge on any atom is 0.159 e. The quantitative estimate of drug-likeness (QED) is 0.575. The van der Waals surface area contributed by atoms with Gasteiger partial charge in [-0.2, -0.15) is 5.10 Å². The highest BCUT2D eigenvalue weighted by molar-refractivity contribution is 5.82. The Morgan fingerprint density at radius 3 is 2.67 bits per heavy atom. The van der Waals surface area contributed by atoms with Crippen LogP contribution in [0.4, 0.5) is 10.2 Å². The van der Waals surface area contributed by atoms with Crippen LogP contribution in [0.2, 0.25) is 0 Å². The summed E-state index contributed by atoms with van der Waals surface area (Å²) in [5, 5.41) is 15.2. The molecule has 3 aromatic rings. The number of aliphatic hydroxyl groups is 1. The standard InChI is InChI=1S/C26H33FN6O3/c1-16-7-18-10-28-33(26-9-25(29-17(2)30-26)32-5-6-36-20(11-32)13-34)24(18)8-22(16)21-3-4-31(12-23(21)27)19-14-35-15-19/h7-10,19-21,23,34H,3-6,11-15H2,1-2H3. The van der Waals surface area contributed by atoms with E-state index in [1.165, 1.54) is 0 Å². The number of hydrogen-bond donors (Lipinski definition) is 1. The second-order valence-corrected chi connectivity index (χ2v) is 10.2. The van der Waals surface area contributed by atoms with Crippen molar-refractivity contribution in [3.63, 3.8) is 0 Å². The molecule has 3 unspecified atom stereocenters. The van der Waals surface area contributed by atoms with Gasteiger partial charge in [0.1, 0.15) is 17.8 Å². The van der Waals surface area contributed by atoms with Gasteiger partial charge in [-0.15, -0.1) is 0 Å². The van der Waals surface area contributed by atoms with Crippen LogP contribution in [0.3, 0.4) is 0 Å². The molecule has 36 heavy (non-hydrogen) atoms. The Bertz CT molecular complexity index is 1250. The van der Waals surface area contributed by atoms with Crippen LogP contribution in [0.5, 0.6) is 0 Å². The van der Waals surface area contributed by atoms with Gasteiger partial charge >= 0.3 is 0 Å². The van der Waals surface area contributed by atoms with E-state index in [2.05, 4.69) is 43.9 Å². The van der Waals surface area contributed by atoms with Crippen LogP contribution in [0.25, 0.3) is 16.7 Å². The molecule has 3 saturated heterocycles. The number of hydrogen-bond acceptors (Lipinski definition) is 8. The van der Waals surface area contributed by atoms with Crippen LogP contribution >= 0.6 is 0 Å². The molecule has 0 spiro atoms. The van der Waals surface area contributed by atoms with Crippen LogP contribution in [0.1, 0.15) is 29.3 Å². The highest BCUT2D eigenvalue weighted by Gasteiger charge is 2.36. The summed E-state index contributed by atoms with van der Waals surface area (Å²) in [4.78, 5) is 13.7. The van der Waals surface area contributed by atoms with Gasteiger partial charge in [0.15, 0.2) is 5.82 Å². The minimum Gasteiger partial charge on any atom is -0.394 e. The van der Waals surface area contributed by atoms with Gasteiger partial charge in [-0.3, -0.25) is 4.90 Å². The van der Waals surface area contributed by atoms with Crippen molar-refractivity contribution >= 4 is 16.7 Å². The summed E-state index contributed by atoms with van der Waals surface area (Å²) in [5.74, 6) is 1.96. The van der Waals surface area contributed by atoms with Gasteiger partial charge in [0, 0.05) is 37.0 Å². The normalized spacial score (nSPS) is 25.9. The number of likely N-dealkylation sites (tertiary alicyclic amines) is 1. The number of nitrogens with zero attached hydrogens (tertiary/aromatic N) is 6. The molecule has 0 amide bonds. The Labute approximate surface area is 209 Å². The second kappa shape index (κ2) is 9.66. The van der Waals surface area contributed by atoms with Gasteiger partial charge in [-0.05, 0) is 50.1 Å². The van der Waals surface area contributed by atoms with Gasteiger partial charge in [0.05, 0.1) is 50.3 Å². The summed E-state index contributed by atoms with van der Waals surface area (Å²) in [6.07, 6.45) is 1.48. The monoisotopic (exact) mass is 496 g/mol. The molecule has 3 fully saturated rings. The van der Waals surface area contributed by atoms with Crippen LogP contribution in [0.15, 0.2) is 24.4 Å². The highest BCUT2D eigenvalue weighted by Crippen LogP contribution is 2.36. The molecule has 3 aliphatic heterocycles. The van der Waals surface area contributed by atoms with E-state index < -0.39 is 6.17 Å². The number of morpholine rings is 1. The number of aryl methyl sites for hydroxylation is 2. The molecule has 5 heterocycles. The van der Waals surface area contributed by atoms with E-state index in [0.717, 1.165) is 40.8 Å². The fourth-order valence-electron chi connectivity index (χ4n) is 5.68. The molecule has 0 bridgehead atoms. The topological polar surface area (TPSA) is 88.8 Å². The van der Waals surface area contributed by atoms with Crippen LogP contribution in [-0.2, 0) is 9.47 Å². The maximum absolute atomic E-state index is 15.4. The van der Waals surface area contributed by atoms with Crippen LogP contribution < -0.4 is 4.90 Å². The number of ether oxygens (including phenoxy) is 2. The lowest BCUT2D eigenvalue weighted by molar-refractivity contribution is -0.0807. The summed E-state index contributed by atoms with van der Waals surface area (Å²) >= 11 is 0. The molecular weight excluding hydrogens is 463 g/mol. The van der Waals surface area contributed by atoms with Crippen LogP contribution in [-0.4, -0.2) is 101 Å². The van der Waals surface area contributed by atoms with E-state index in [1.807, 2.05) is 23.9 Å². The van der Waals surface area contributed by atoms with Gasteiger partial charge in [0.25, 0.3) is 0 Å². The predicted molar refractivity (Wildman–Crippen MR) is 134 cm³/mol. The molecule has 192 valence electrons. The van der Waals surface area contributed by atoms with E-state index in [9.17, 15) is 5.11 Å². The largest absolute Gasteiger partial charge is 0.394 e. The average molecular weight is 497 g/mol. The summed E-state index contributed by atoms with van der Waals surface area (Å²) in [6.45, 7) is 8.48. The van der Waals surface area contributed by atoms with Gasteiger partial charge in [-0.25, -0.2) is 19.0 Å². The Hall–Kier alpha value is -2.66. The lowest BCUT2D eigenvalue weighted by Crippen LogP contribution is -2.54. The molecule has 9 nitrogen and oxygen atoms in total. The number of benzene rings is 1. The number of anilines is 1. The molecule has 0 radical (unpaired) electrons. The van der Waals surface area contributed by atoms with E-state index in [0.29, 0.717) is 57.1 Å². The smallest absolute Gasteiger partial charge is 0.159 e. The third-order valence-electron chi connectivity index (χ3n) is 7.76. The molecule has 10 heteroatoms. The zero-order valence-corrected chi connectivity index (χ0v) is 20.8. The first-order valence-corrected chi connectivity index (χ1v) is 12.8. The Morgan fingerprint density at radius 1 is 1.08 bits per heavy atom. The first-order chi connectivity index (χ1) is 17.5. The lowest BCUT2D eigenvalue weighted by Gasteiger charge is -2.43. The van der Waals surface area contributed by atoms with E-state index in [4.69, 9.17) is 9.47 Å². The summed E-state index contributed by atoms with van der Waals surface area (Å²) in [6, 6.07) is 6.50. The molecule has 3 aliphatic rings. The summed E-state index contributed by atoms with van der Waals surface area (Å²) in [5.41, 5.74) is 3.06. The molecule has 1 aromatic carbocycles. The highest BCUT2D eigenvalue weighted by atomic mass is 19.1. The second-order valence-electron chi connectivity index (χ2n) is 10.2. The van der Waals surface area contributed by atoms with Crippen molar-refractivity contribution < 1.29 is 19.0 Å². The lowest BCUT2D eigenvalue weighted by atomic mass is 9.84. The first-order valence-electron chi connectivity index (χ1n) is 12.8. The Morgan fingerprint density at radius 2 is 1.92 bits per heavy atom. The third kappa shape index (κ3) is 4.36. The summed E-state index contributed by atoms with van der Waals surface area (Å²) in [7, 11) is 0. The number of halogens is 1. The predicted octanol–water partition coefficient (Wildman–Crippen LogP) is 2.16. The van der Waals surface area contributed by atoms with E-state index >= 15 is 4.39 Å². The molecular formula is C26H33FN6O3. The molecule has 3 atom stereocenters. The number of rotatable bonds is 5. The Kier molecular flexibility index (Phi) is 6.37. The zero-order valence-electron chi connectivity index (χ0n) is 20.8.